The van der Waals surface area contributed by atoms with E-state index in [1.54, 1.807) is 0 Å². The molecule has 0 fully saturated rings. The van der Waals surface area contributed by atoms with Crippen LogP contribution in [0, 0.1) is 13.8 Å². The fourth-order valence-corrected chi connectivity index (χ4v) is 3.03. The zero-order chi connectivity index (χ0) is 18.5. The van der Waals surface area contributed by atoms with Gasteiger partial charge in [0.15, 0.2) is 5.96 Å². The maximum Gasteiger partial charge on any atom is 0.190 e. The van der Waals surface area contributed by atoms with E-state index < -0.39 is 0 Å². The molecule has 0 unspecified atom stereocenters. The molecule has 2 N–H and O–H groups in total. The van der Waals surface area contributed by atoms with E-state index in [0.717, 1.165) is 50.7 Å². The molecular formula is C19H39IN6. The first-order valence-corrected chi connectivity index (χ1v) is 9.78. The standard InChI is InChI=1S/C19H38N6.HI/c1-6-12-24(13-7-2)14-8-10-21-19(20-5)22-11-9-15-25-18(4)16-17(3)23-25;/h16H,6-15H2,1-5H3,(H2,20,21,22);1H. The van der Waals surface area contributed by atoms with Crippen LogP contribution in [0.5, 0.6) is 0 Å². The van der Waals surface area contributed by atoms with E-state index in [4.69, 9.17) is 0 Å². The zero-order valence-corrected chi connectivity index (χ0v) is 19.7. The maximum absolute atomic E-state index is 4.49. The monoisotopic (exact) mass is 478 g/mol. The van der Waals surface area contributed by atoms with E-state index in [-0.39, 0.29) is 24.0 Å². The molecule has 152 valence electrons. The lowest BCUT2D eigenvalue weighted by molar-refractivity contribution is 0.271. The van der Waals surface area contributed by atoms with Crippen LogP contribution in [0.3, 0.4) is 0 Å². The molecule has 0 bridgehead atoms. The molecule has 6 nitrogen and oxygen atoms in total. The molecule has 7 heteroatoms. The molecule has 0 saturated heterocycles. The molecule has 0 atom stereocenters. The van der Waals surface area contributed by atoms with Gasteiger partial charge in [0.05, 0.1) is 5.69 Å². The Balaban J connectivity index is 0.00000625. The van der Waals surface area contributed by atoms with Gasteiger partial charge in [-0.05, 0) is 65.2 Å². The second-order valence-corrected chi connectivity index (χ2v) is 6.62. The average Bonchev–Trinajstić information content (AvgIpc) is 2.91. The number of rotatable bonds is 12. The normalized spacial score (nSPS) is 11.5. The molecule has 1 aromatic heterocycles. The van der Waals surface area contributed by atoms with Gasteiger partial charge in [-0.25, -0.2) is 0 Å². The second kappa shape index (κ2) is 15.2. The lowest BCUT2D eigenvalue weighted by Gasteiger charge is -2.21. The summed E-state index contributed by atoms with van der Waals surface area (Å²) in [5.41, 5.74) is 2.31. The van der Waals surface area contributed by atoms with Crippen LogP contribution in [0.25, 0.3) is 0 Å². The number of guanidine groups is 1. The Morgan fingerprint density at radius 3 is 2.19 bits per heavy atom. The Morgan fingerprint density at radius 1 is 1.08 bits per heavy atom. The molecule has 0 aliphatic rings. The van der Waals surface area contributed by atoms with Crippen LogP contribution in [-0.4, -0.2) is 60.4 Å². The number of hydrogen-bond donors (Lipinski definition) is 2. The summed E-state index contributed by atoms with van der Waals surface area (Å²) in [4.78, 5) is 6.85. The highest BCUT2D eigenvalue weighted by Gasteiger charge is 2.03. The first-order valence-electron chi connectivity index (χ1n) is 9.78. The molecule has 0 aliphatic carbocycles. The Bertz CT molecular complexity index is 494. The molecule has 0 saturated carbocycles. The Kier molecular flexibility index (Phi) is 14.8. The van der Waals surface area contributed by atoms with E-state index in [1.165, 1.54) is 31.6 Å². The quantitative estimate of drug-likeness (QED) is 0.210. The van der Waals surface area contributed by atoms with E-state index in [9.17, 15) is 0 Å². The third kappa shape index (κ3) is 10.4. The van der Waals surface area contributed by atoms with Crippen LogP contribution in [0.2, 0.25) is 0 Å². The number of aryl methyl sites for hydroxylation is 3. The van der Waals surface area contributed by atoms with Crippen molar-refractivity contribution in [3.8, 4) is 0 Å². The fourth-order valence-electron chi connectivity index (χ4n) is 3.03. The highest BCUT2D eigenvalue weighted by atomic mass is 127. The van der Waals surface area contributed by atoms with Crippen LogP contribution >= 0.6 is 24.0 Å². The van der Waals surface area contributed by atoms with Crippen molar-refractivity contribution in [2.45, 2.75) is 59.9 Å². The molecule has 26 heavy (non-hydrogen) atoms. The van der Waals surface area contributed by atoms with Crippen LogP contribution in [0.1, 0.15) is 50.9 Å². The molecule has 0 amide bonds. The molecule has 1 heterocycles. The topological polar surface area (TPSA) is 57.5 Å². The maximum atomic E-state index is 4.49. The summed E-state index contributed by atoms with van der Waals surface area (Å²) in [6, 6.07) is 2.12. The van der Waals surface area contributed by atoms with Crippen LogP contribution in [0.4, 0.5) is 0 Å². The predicted octanol–water partition coefficient (Wildman–Crippen LogP) is 3.19. The first kappa shape index (κ1) is 25.2. The van der Waals surface area contributed by atoms with Crippen LogP contribution < -0.4 is 10.6 Å². The number of nitrogens with one attached hydrogen (secondary N) is 2. The van der Waals surface area contributed by atoms with Crippen molar-refractivity contribution in [3.63, 3.8) is 0 Å². The number of aromatic nitrogens is 2. The summed E-state index contributed by atoms with van der Waals surface area (Å²) in [6.07, 6.45) is 4.63. The Labute approximate surface area is 177 Å². The lowest BCUT2D eigenvalue weighted by Crippen LogP contribution is -2.39. The molecule has 0 radical (unpaired) electrons. The number of nitrogens with zero attached hydrogens (tertiary/aromatic N) is 4. The number of hydrogen-bond acceptors (Lipinski definition) is 3. The predicted molar refractivity (Wildman–Crippen MR) is 123 cm³/mol. The van der Waals surface area contributed by atoms with Crippen molar-refractivity contribution in [1.29, 1.82) is 0 Å². The summed E-state index contributed by atoms with van der Waals surface area (Å²) in [5, 5.41) is 11.3. The number of halogens is 1. The van der Waals surface area contributed by atoms with Gasteiger partial charge in [-0.15, -0.1) is 24.0 Å². The summed E-state index contributed by atoms with van der Waals surface area (Å²) >= 11 is 0. The summed E-state index contributed by atoms with van der Waals surface area (Å²) in [6.45, 7) is 15.0. The van der Waals surface area contributed by atoms with Gasteiger partial charge < -0.3 is 15.5 Å². The van der Waals surface area contributed by atoms with Gasteiger partial charge in [-0.3, -0.25) is 9.67 Å². The highest BCUT2D eigenvalue weighted by Crippen LogP contribution is 2.02. The fraction of sp³-hybridized carbons (Fsp3) is 0.789. The first-order chi connectivity index (χ1) is 12.1. The van der Waals surface area contributed by atoms with E-state index in [0.29, 0.717) is 0 Å². The molecule has 0 aliphatic heterocycles. The molecule has 0 aromatic carbocycles. The van der Waals surface area contributed by atoms with Crippen LogP contribution in [-0.2, 0) is 6.54 Å². The van der Waals surface area contributed by atoms with E-state index >= 15 is 0 Å². The van der Waals surface area contributed by atoms with Crippen molar-refractivity contribution in [2.75, 3.05) is 39.8 Å². The Hall–Kier alpha value is -0.830. The minimum Gasteiger partial charge on any atom is -0.356 e. The smallest absolute Gasteiger partial charge is 0.190 e. The van der Waals surface area contributed by atoms with Gasteiger partial charge in [0, 0.05) is 32.4 Å². The number of aliphatic imine (C=N–C) groups is 1. The SMILES string of the molecule is CCCN(CCC)CCCNC(=NC)NCCCn1nc(C)cc1C.I. The van der Waals surface area contributed by atoms with Crippen molar-refractivity contribution >= 4 is 29.9 Å². The zero-order valence-electron chi connectivity index (χ0n) is 17.3. The molecule has 1 rings (SSSR count). The molecule has 0 spiro atoms. The second-order valence-electron chi connectivity index (χ2n) is 6.62. The van der Waals surface area contributed by atoms with Gasteiger partial charge in [-0.2, -0.15) is 5.10 Å². The van der Waals surface area contributed by atoms with Gasteiger partial charge >= 0.3 is 0 Å². The van der Waals surface area contributed by atoms with Crippen molar-refractivity contribution in [2.24, 2.45) is 4.99 Å². The summed E-state index contributed by atoms with van der Waals surface area (Å²) in [7, 11) is 1.83. The minimum atomic E-state index is 0. The minimum absolute atomic E-state index is 0. The van der Waals surface area contributed by atoms with Crippen molar-refractivity contribution < 1.29 is 0 Å². The van der Waals surface area contributed by atoms with Crippen molar-refractivity contribution in [1.82, 2.24) is 25.3 Å². The largest absolute Gasteiger partial charge is 0.356 e. The third-order valence-electron chi connectivity index (χ3n) is 4.19. The van der Waals surface area contributed by atoms with Crippen molar-refractivity contribution in [3.05, 3.63) is 17.5 Å². The average molecular weight is 478 g/mol. The van der Waals surface area contributed by atoms with Gasteiger partial charge in [0.1, 0.15) is 0 Å². The molecule has 1 aromatic rings. The van der Waals surface area contributed by atoms with Gasteiger partial charge in [0.25, 0.3) is 0 Å². The summed E-state index contributed by atoms with van der Waals surface area (Å²) in [5.74, 6) is 0.894. The lowest BCUT2D eigenvalue weighted by atomic mass is 10.3. The van der Waals surface area contributed by atoms with Gasteiger partial charge in [-0.1, -0.05) is 13.8 Å². The van der Waals surface area contributed by atoms with Crippen LogP contribution in [0.15, 0.2) is 11.1 Å². The highest BCUT2D eigenvalue weighted by molar-refractivity contribution is 14.0. The molecular weight excluding hydrogens is 439 g/mol. The van der Waals surface area contributed by atoms with Gasteiger partial charge in [0.2, 0.25) is 0 Å². The third-order valence-corrected chi connectivity index (χ3v) is 4.19. The Morgan fingerprint density at radius 2 is 1.69 bits per heavy atom. The summed E-state index contributed by atoms with van der Waals surface area (Å²) < 4.78 is 2.07. The van der Waals surface area contributed by atoms with E-state index in [2.05, 4.69) is 57.1 Å². The van der Waals surface area contributed by atoms with E-state index in [1.807, 2.05) is 14.0 Å².